The maximum Gasteiger partial charge on any atom is 0.320 e. The predicted octanol–water partition coefficient (Wildman–Crippen LogP) is 3.61. The van der Waals surface area contributed by atoms with Crippen LogP contribution in [0.25, 0.3) is 16.9 Å². The molecule has 9 rings (SSSR count). The molecule has 18 nitrogen and oxygen atoms in total. The first kappa shape index (κ1) is 44.1. The zero-order valence-corrected chi connectivity index (χ0v) is 36.6. The summed E-state index contributed by atoms with van der Waals surface area (Å²) in [7, 11) is 1.65. The maximum absolute atomic E-state index is 14.3. The van der Waals surface area contributed by atoms with Crippen LogP contribution in [0.4, 0.5) is 21.0 Å². The number of ether oxygens (including phenoxy) is 2. The van der Waals surface area contributed by atoms with E-state index in [2.05, 4.69) is 30.7 Å². The second-order valence-corrected chi connectivity index (χ2v) is 16.8. The van der Waals surface area contributed by atoms with Gasteiger partial charge in [-0.1, -0.05) is 36.4 Å². The van der Waals surface area contributed by atoms with Crippen LogP contribution in [0.2, 0.25) is 0 Å². The Morgan fingerprint density at radius 3 is 2.38 bits per heavy atom. The Morgan fingerprint density at radius 2 is 1.64 bits per heavy atom. The van der Waals surface area contributed by atoms with Crippen molar-refractivity contribution in [2.75, 3.05) is 82.9 Å². The minimum absolute atomic E-state index is 0.0425. The van der Waals surface area contributed by atoms with Gasteiger partial charge in [-0.2, -0.15) is 5.10 Å². The van der Waals surface area contributed by atoms with Crippen molar-refractivity contribution in [2.24, 2.45) is 0 Å². The van der Waals surface area contributed by atoms with Crippen LogP contribution in [0.1, 0.15) is 50.6 Å². The van der Waals surface area contributed by atoms with Crippen LogP contribution >= 0.6 is 0 Å². The molecule has 4 aliphatic heterocycles. The molecule has 1 unspecified atom stereocenters. The van der Waals surface area contributed by atoms with E-state index in [9.17, 15) is 28.4 Å². The number of imide groups is 2. The number of piperidine rings is 1. The molecule has 5 aromatic rings. The number of piperazine rings is 1. The highest BCUT2D eigenvalue weighted by atomic mass is 19.1. The van der Waals surface area contributed by atoms with Crippen molar-refractivity contribution in [1.29, 1.82) is 0 Å². The molecule has 3 aromatic carbocycles. The van der Waals surface area contributed by atoms with Gasteiger partial charge in [-0.15, -0.1) is 0 Å². The fourth-order valence-corrected chi connectivity index (χ4v) is 9.16. The van der Waals surface area contributed by atoms with E-state index in [1.54, 1.807) is 48.5 Å². The summed E-state index contributed by atoms with van der Waals surface area (Å²) in [6.07, 6.45) is 3.59. The Hall–Kier alpha value is -7.09. The number of carbonyl (C=O) groups is 5. The molecule has 0 bridgehead atoms. The largest absolute Gasteiger partial charge is 0.491 e. The number of urea groups is 1. The number of rotatable bonds is 14. The molecule has 19 heteroatoms. The number of nitrogens with one attached hydrogen (secondary N) is 3. The normalized spacial score (nSPS) is 20.1. The molecule has 66 heavy (non-hydrogen) atoms. The van der Waals surface area contributed by atoms with E-state index in [-0.39, 0.29) is 54.1 Å². The third kappa shape index (κ3) is 9.09. The number of carbonyl (C=O) groups excluding carboxylic acids is 5. The van der Waals surface area contributed by atoms with Gasteiger partial charge in [0.05, 0.1) is 29.5 Å². The van der Waals surface area contributed by atoms with E-state index in [1.165, 1.54) is 12.1 Å². The number of aromatic nitrogens is 4. The molecule has 6 amide bonds. The first-order chi connectivity index (χ1) is 32.1. The third-order valence-corrected chi connectivity index (χ3v) is 12.6. The van der Waals surface area contributed by atoms with Crippen molar-refractivity contribution < 1.29 is 37.8 Å². The highest BCUT2D eigenvalue weighted by Crippen LogP contribution is 2.35. The molecular weight excluding hydrogens is 850 g/mol. The standard InChI is InChI=1S/C47H50FN11O7/c1-29-41(54-59(33-10-4-3-5-11-33)42(29)53-47(64)51-36-28-56(20-22-65-2)27-35(36)30-8-6-9-32(48)24-30)31-25-49-46(50-26-31)57-18-16-55(17-19-57)21-23-66-38-13-7-12-34-40(38)45(63)58(44(34)62)37-14-15-39(60)52-43(37)61/h3-13,24-26,35-37H,14-23,27-28H2,1-2H3,(H2,51,53,64)(H,52,60,61)/t35-,36+,37?/m0/s1. The monoisotopic (exact) mass is 899 g/mol. The minimum Gasteiger partial charge on any atom is -0.491 e. The molecule has 3 saturated heterocycles. The summed E-state index contributed by atoms with van der Waals surface area (Å²) in [5, 5.41) is 13.4. The second kappa shape index (κ2) is 19.2. The third-order valence-electron chi connectivity index (χ3n) is 12.6. The molecule has 3 atom stereocenters. The van der Waals surface area contributed by atoms with Crippen LogP contribution in [0.3, 0.4) is 0 Å². The number of para-hydroxylation sites is 1. The van der Waals surface area contributed by atoms with E-state index in [0.717, 1.165) is 21.7 Å². The van der Waals surface area contributed by atoms with E-state index in [0.29, 0.717) is 82.0 Å². The molecule has 6 heterocycles. The summed E-state index contributed by atoms with van der Waals surface area (Å²) in [5.41, 5.74) is 3.86. The van der Waals surface area contributed by atoms with Crippen LogP contribution < -0.4 is 25.6 Å². The minimum atomic E-state index is -1.05. The van der Waals surface area contributed by atoms with Crippen LogP contribution in [-0.2, 0) is 14.3 Å². The van der Waals surface area contributed by atoms with Crippen molar-refractivity contribution in [1.82, 2.24) is 45.1 Å². The number of nitrogens with zero attached hydrogens (tertiary/aromatic N) is 8. The Balaban J connectivity index is 0.825. The van der Waals surface area contributed by atoms with Crippen LogP contribution in [0.15, 0.2) is 85.2 Å². The lowest BCUT2D eigenvalue weighted by molar-refractivity contribution is -0.136. The number of amides is 6. The highest BCUT2D eigenvalue weighted by Gasteiger charge is 2.46. The first-order valence-electron chi connectivity index (χ1n) is 22.0. The topological polar surface area (TPSA) is 196 Å². The van der Waals surface area contributed by atoms with Gasteiger partial charge in [-0.25, -0.2) is 23.8 Å². The second-order valence-electron chi connectivity index (χ2n) is 16.8. The summed E-state index contributed by atoms with van der Waals surface area (Å²) >= 11 is 0. The zero-order valence-electron chi connectivity index (χ0n) is 36.6. The van der Waals surface area contributed by atoms with Gasteiger partial charge >= 0.3 is 6.03 Å². The number of fused-ring (bicyclic) bond motifs is 1. The summed E-state index contributed by atoms with van der Waals surface area (Å²) in [6, 6.07) is 19.1. The Kier molecular flexibility index (Phi) is 12.8. The predicted molar refractivity (Wildman–Crippen MR) is 240 cm³/mol. The van der Waals surface area contributed by atoms with Gasteiger partial charge in [-0.3, -0.25) is 44.5 Å². The summed E-state index contributed by atoms with van der Waals surface area (Å²) in [6.45, 7) is 7.88. The smallest absolute Gasteiger partial charge is 0.320 e. The van der Waals surface area contributed by atoms with Gasteiger partial charge in [0.2, 0.25) is 17.8 Å². The fraction of sp³-hybridized carbons (Fsp3) is 0.362. The molecule has 0 aliphatic carbocycles. The highest BCUT2D eigenvalue weighted by molar-refractivity contribution is 6.24. The van der Waals surface area contributed by atoms with Crippen LogP contribution in [0, 0.1) is 12.7 Å². The molecule has 342 valence electrons. The lowest BCUT2D eigenvalue weighted by Crippen LogP contribution is -2.54. The lowest BCUT2D eigenvalue weighted by atomic mass is 9.94. The van der Waals surface area contributed by atoms with Crippen LogP contribution in [-0.4, -0.2) is 149 Å². The molecule has 3 N–H and O–H groups in total. The average Bonchev–Trinajstić information content (AvgIpc) is 3.96. The fourth-order valence-electron chi connectivity index (χ4n) is 9.16. The first-order valence-corrected chi connectivity index (χ1v) is 22.0. The van der Waals surface area contributed by atoms with Crippen molar-refractivity contribution >= 4 is 41.4 Å². The zero-order chi connectivity index (χ0) is 45.9. The van der Waals surface area contributed by atoms with Crippen LogP contribution in [0.5, 0.6) is 5.75 Å². The van der Waals surface area contributed by atoms with Gasteiger partial charge in [0, 0.05) is 95.3 Å². The summed E-state index contributed by atoms with van der Waals surface area (Å²) < 4.78 is 27.4. The molecule has 3 fully saturated rings. The Labute approximate surface area is 380 Å². The van der Waals surface area contributed by atoms with E-state index >= 15 is 0 Å². The van der Waals surface area contributed by atoms with Gasteiger partial charge in [0.25, 0.3) is 11.8 Å². The Morgan fingerprint density at radius 1 is 0.879 bits per heavy atom. The number of likely N-dealkylation sites (tertiary alicyclic amines) is 1. The van der Waals surface area contributed by atoms with Gasteiger partial charge in [0.15, 0.2) is 0 Å². The number of halogens is 1. The SMILES string of the molecule is COCCN1C[C@@H](NC(=O)Nc2c(C)c(-c3cnc(N4CCN(CCOc5cccc6c5C(=O)N(C5CCC(=O)NC5=O)C6=O)CC4)nc3)nn2-c2ccccc2)[C@H](c2cccc(F)c2)C1. The van der Waals surface area contributed by atoms with Crippen molar-refractivity contribution in [3.63, 3.8) is 0 Å². The van der Waals surface area contributed by atoms with Gasteiger partial charge < -0.3 is 19.7 Å². The summed E-state index contributed by atoms with van der Waals surface area (Å²) in [5.74, 6) is -1.40. The van der Waals surface area contributed by atoms with Gasteiger partial charge in [-0.05, 0) is 55.3 Å². The number of methoxy groups -OCH3 is 1. The van der Waals surface area contributed by atoms with Gasteiger partial charge in [0.1, 0.15) is 35.7 Å². The maximum atomic E-state index is 14.3. The Bertz CT molecular complexity index is 2640. The van der Waals surface area contributed by atoms with E-state index in [1.807, 2.05) is 43.3 Å². The van der Waals surface area contributed by atoms with Crippen molar-refractivity contribution in [3.8, 4) is 22.7 Å². The van der Waals surface area contributed by atoms with E-state index < -0.39 is 35.7 Å². The van der Waals surface area contributed by atoms with E-state index in [4.69, 9.17) is 24.5 Å². The molecule has 2 aromatic heterocycles. The quantitative estimate of drug-likeness (QED) is 0.137. The molecule has 4 aliphatic rings. The number of benzene rings is 3. The summed E-state index contributed by atoms with van der Waals surface area (Å²) in [4.78, 5) is 81.6. The number of hydrogen-bond acceptors (Lipinski definition) is 13. The van der Waals surface area contributed by atoms with Crippen molar-refractivity contribution in [2.45, 2.75) is 37.8 Å². The average molecular weight is 900 g/mol. The van der Waals surface area contributed by atoms with Crippen molar-refractivity contribution in [3.05, 3.63) is 113 Å². The molecule has 0 radical (unpaired) electrons. The number of hydrogen-bond donors (Lipinski definition) is 3. The molecular formula is C47H50FN11O7. The number of anilines is 2. The lowest BCUT2D eigenvalue weighted by Gasteiger charge is -2.34. The molecule has 0 saturated carbocycles. The molecule has 0 spiro atoms.